The molecule has 0 spiro atoms. The summed E-state index contributed by atoms with van der Waals surface area (Å²) in [5.41, 5.74) is 2.79. The van der Waals surface area contributed by atoms with Gasteiger partial charge in [-0.05, 0) is 55.6 Å². The molecule has 1 N–H and O–H groups in total. The van der Waals surface area contributed by atoms with E-state index >= 15 is 0 Å². The molecular formula is C22H24FN3O3S. The monoisotopic (exact) mass is 429 g/mol. The van der Waals surface area contributed by atoms with Crippen molar-refractivity contribution in [1.82, 2.24) is 10.1 Å². The maximum Gasteiger partial charge on any atom is 0.229 e. The van der Waals surface area contributed by atoms with Crippen LogP contribution in [0.1, 0.15) is 30.1 Å². The first kappa shape index (κ1) is 20.6. The maximum atomic E-state index is 14.4. The van der Waals surface area contributed by atoms with Crippen LogP contribution in [0.25, 0.3) is 11.3 Å². The van der Waals surface area contributed by atoms with Crippen LogP contribution >= 0.6 is 0 Å². The fourth-order valence-corrected chi connectivity index (χ4v) is 4.44. The zero-order chi connectivity index (χ0) is 21.1. The highest BCUT2D eigenvalue weighted by molar-refractivity contribution is 7.92. The summed E-state index contributed by atoms with van der Waals surface area (Å²) in [4.78, 5) is 2.27. The van der Waals surface area contributed by atoms with E-state index in [2.05, 4.69) is 14.8 Å². The normalized spacial score (nSPS) is 15.9. The van der Waals surface area contributed by atoms with E-state index < -0.39 is 10.0 Å². The average molecular weight is 430 g/mol. The van der Waals surface area contributed by atoms with E-state index in [1.165, 1.54) is 12.1 Å². The summed E-state index contributed by atoms with van der Waals surface area (Å²) in [5, 5.41) is 4.16. The van der Waals surface area contributed by atoms with Crippen LogP contribution in [-0.2, 0) is 16.6 Å². The van der Waals surface area contributed by atoms with E-state index in [9.17, 15) is 12.8 Å². The molecule has 0 radical (unpaired) electrons. The summed E-state index contributed by atoms with van der Waals surface area (Å²) in [5.74, 6) is 0.560. The van der Waals surface area contributed by atoms with Gasteiger partial charge in [0.2, 0.25) is 10.0 Å². The van der Waals surface area contributed by atoms with Crippen LogP contribution in [-0.4, -0.2) is 37.8 Å². The third kappa shape index (κ3) is 5.06. The maximum absolute atomic E-state index is 14.4. The van der Waals surface area contributed by atoms with Crippen LogP contribution in [0.5, 0.6) is 0 Å². The van der Waals surface area contributed by atoms with Gasteiger partial charge in [-0.15, -0.1) is 0 Å². The van der Waals surface area contributed by atoms with Crippen molar-refractivity contribution in [3.63, 3.8) is 0 Å². The molecule has 1 aliphatic rings. The number of likely N-dealkylation sites (tertiary alicyclic amines) is 1. The van der Waals surface area contributed by atoms with Crippen molar-refractivity contribution in [3.05, 3.63) is 71.7 Å². The molecule has 2 heterocycles. The third-order valence-corrected chi connectivity index (χ3v) is 5.94. The summed E-state index contributed by atoms with van der Waals surface area (Å²) in [7, 11) is -3.40. The number of piperidine rings is 1. The highest BCUT2D eigenvalue weighted by atomic mass is 32.2. The van der Waals surface area contributed by atoms with Crippen LogP contribution in [0.4, 0.5) is 10.1 Å². The first-order chi connectivity index (χ1) is 14.4. The van der Waals surface area contributed by atoms with Gasteiger partial charge in [0.1, 0.15) is 11.5 Å². The van der Waals surface area contributed by atoms with E-state index in [0.717, 1.165) is 49.2 Å². The molecule has 0 amide bonds. The zero-order valence-corrected chi connectivity index (χ0v) is 17.5. The van der Waals surface area contributed by atoms with Gasteiger partial charge in [0, 0.05) is 17.3 Å². The van der Waals surface area contributed by atoms with Gasteiger partial charge in [0.25, 0.3) is 0 Å². The third-order valence-electron chi connectivity index (χ3n) is 5.33. The second kappa shape index (κ2) is 8.57. The molecule has 0 saturated carbocycles. The number of nitrogens with zero attached hydrogens (tertiary/aromatic N) is 2. The predicted octanol–water partition coefficient (Wildman–Crippen LogP) is 4.23. The standard InChI is InChI=1S/C22H24FN3O3S/c1-30(27,28)25-18-7-8-21(23)20(13-18)16-9-11-26(12-10-16)15-19-14-22(24-29-19)17-5-3-2-4-6-17/h2-8,13-14,16,25H,9-12,15H2,1H3. The molecule has 0 unspecified atom stereocenters. The SMILES string of the molecule is CS(=O)(=O)Nc1ccc(F)c(C2CCN(Cc3cc(-c4ccccc4)no3)CC2)c1. The number of nitrogens with one attached hydrogen (secondary N) is 1. The highest BCUT2D eigenvalue weighted by Crippen LogP contribution is 2.32. The second-order valence-electron chi connectivity index (χ2n) is 7.71. The Labute approximate surface area is 175 Å². The van der Waals surface area contributed by atoms with Gasteiger partial charge in [-0.1, -0.05) is 35.5 Å². The van der Waals surface area contributed by atoms with Crippen LogP contribution < -0.4 is 4.72 Å². The van der Waals surface area contributed by atoms with Crippen LogP contribution in [0.15, 0.2) is 59.1 Å². The van der Waals surface area contributed by atoms with Gasteiger partial charge in [0.15, 0.2) is 5.76 Å². The quantitative estimate of drug-likeness (QED) is 0.635. The molecule has 1 aromatic heterocycles. The fraction of sp³-hybridized carbons (Fsp3) is 0.318. The molecule has 0 atom stereocenters. The molecule has 1 fully saturated rings. The Morgan fingerprint density at radius 1 is 1.13 bits per heavy atom. The van der Waals surface area contributed by atoms with E-state index in [-0.39, 0.29) is 11.7 Å². The lowest BCUT2D eigenvalue weighted by Gasteiger charge is -2.31. The number of aromatic nitrogens is 1. The van der Waals surface area contributed by atoms with Crippen molar-refractivity contribution in [2.45, 2.75) is 25.3 Å². The number of anilines is 1. The van der Waals surface area contributed by atoms with E-state index in [1.807, 2.05) is 36.4 Å². The number of halogens is 1. The molecular weight excluding hydrogens is 405 g/mol. The Bertz CT molecular complexity index is 1110. The zero-order valence-electron chi connectivity index (χ0n) is 16.7. The van der Waals surface area contributed by atoms with Gasteiger partial charge >= 0.3 is 0 Å². The van der Waals surface area contributed by atoms with Gasteiger partial charge in [-0.3, -0.25) is 9.62 Å². The smallest absolute Gasteiger partial charge is 0.229 e. The van der Waals surface area contributed by atoms with Crippen molar-refractivity contribution >= 4 is 15.7 Å². The Balaban J connectivity index is 1.38. The number of hydrogen-bond acceptors (Lipinski definition) is 5. The molecule has 6 nitrogen and oxygen atoms in total. The molecule has 158 valence electrons. The Morgan fingerprint density at radius 3 is 2.57 bits per heavy atom. The molecule has 1 aliphatic heterocycles. The van der Waals surface area contributed by atoms with Crippen molar-refractivity contribution in [2.75, 3.05) is 24.1 Å². The van der Waals surface area contributed by atoms with Crippen molar-refractivity contribution in [1.29, 1.82) is 0 Å². The van der Waals surface area contributed by atoms with Crippen molar-refractivity contribution < 1.29 is 17.3 Å². The average Bonchev–Trinajstić information content (AvgIpc) is 3.18. The molecule has 3 aromatic rings. The molecule has 4 rings (SSSR count). The largest absolute Gasteiger partial charge is 0.359 e. The van der Waals surface area contributed by atoms with Crippen LogP contribution in [0.3, 0.4) is 0 Å². The highest BCUT2D eigenvalue weighted by Gasteiger charge is 2.24. The first-order valence-electron chi connectivity index (χ1n) is 9.88. The van der Waals surface area contributed by atoms with E-state index in [0.29, 0.717) is 17.8 Å². The van der Waals surface area contributed by atoms with E-state index in [4.69, 9.17) is 4.52 Å². The Hall–Kier alpha value is -2.71. The molecule has 8 heteroatoms. The van der Waals surface area contributed by atoms with E-state index in [1.54, 1.807) is 6.07 Å². The van der Waals surface area contributed by atoms with Gasteiger partial charge in [0.05, 0.1) is 12.8 Å². The minimum atomic E-state index is -3.40. The Morgan fingerprint density at radius 2 is 1.87 bits per heavy atom. The first-order valence-corrected chi connectivity index (χ1v) is 11.8. The van der Waals surface area contributed by atoms with Crippen molar-refractivity contribution in [3.8, 4) is 11.3 Å². The number of rotatable bonds is 6. The van der Waals surface area contributed by atoms with Crippen LogP contribution in [0.2, 0.25) is 0 Å². The second-order valence-corrected chi connectivity index (χ2v) is 9.45. The van der Waals surface area contributed by atoms with Gasteiger partial charge < -0.3 is 4.52 Å². The number of hydrogen-bond donors (Lipinski definition) is 1. The van der Waals surface area contributed by atoms with Gasteiger partial charge in [-0.2, -0.15) is 0 Å². The number of sulfonamides is 1. The summed E-state index contributed by atoms with van der Waals surface area (Å²) < 4.78 is 45.2. The molecule has 0 aliphatic carbocycles. The Kier molecular flexibility index (Phi) is 5.87. The molecule has 30 heavy (non-hydrogen) atoms. The lowest BCUT2D eigenvalue weighted by atomic mass is 9.89. The summed E-state index contributed by atoms with van der Waals surface area (Å²) in [6.07, 6.45) is 2.67. The molecule has 2 aromatic carbocycles. The lowest BCUT2D eigenvalue weighted by Crippen LogP contribution is -2.32. The predicted molar refractivity (Wildman–Crippen MR) is 114 cm³/mol. The van der Waals surface area contributed by atoms with Crippen LogP contribution in [0, 0.1) is 5.82 Å². The summed E-state index contributed by atoms with van der Waals surface area (Å²) in [6, 6.07) is 16.2. The summed E-state index contributed by atoms with van der Waals surface area (Å²) in [6.45, 7) is 2.26. The van der Waals surface area contributed by atoms with Crippen molar-refractivity contribution in [2.24, 2.45) is 0 Å². The minimum absolute atomic E-state index is 0.0529. The molecule has 0 bridgehead atoms. The minimum Gasteiger partial charge on any atom is -0.359 e. The number of benzene rings is 2. The van der Waals surface area contributed by atoms with Gasteiger partial charge in [-0.25, -0.2) is 12.8 Å². The molecule has 1 saturated heterocycles. The topological polar surface area (TPSA) is 75.4 Å². The fourth-order valence-electron chi connectivity index (χ4n) is 3.89. The lowest BCUT2D eigenvalue weighted by molar-refractivity contribution is 0.183. The summed E-state index contributed by atoms with van der Waals surface area (Å²) >= 11 is 0.